The first-order chi connectivity index (χ1) is 44.7. The number of aromatic nitrogens is 20. The van der Waals surface area contributed by atoms with Crippen molar-refractivity contribution in [3.63, 3.8) is 0 Å². The van der Waals surface area contributed by atoms with Crippen molar-refractivity contribution in [3.8, 4) is 40.3 Å². The number of carbonyl (C=O) groups is 1. The third kappa shape index (κ3) is 12.2. The van der Waals surface area contributed by atoms with Crippen LogP contribution in [0.15, 0.2) is 207 Å². The van der Waals surface area contributed by atoms with Crippen LogP contribution in [0, 0.1) is 11.3 Å². The number of nitrogen functional groups attached to an aromatic ring is 4. The van der Waals surface area contributed by atoms with Crippen LogP contribution in [0.1, 0.15) is 16.2 Å². The second-order valence-corrected chi connectivity index (χ2v) is 21.2. The van der Waals surface area contributed by atoms with Crippen molar-refractivity contribution in [1.29, 1.82) is 5.26 Å². The zero-order valence-electron chi connectivity index (χ0n) is 48.3. The lowest BCUT2D eigenvalue weighted by Gasteiger charge is -2.10. The Labute approximate surface area is 520 Å². The fraction of sp³-hybridized carbons (Fsp3) is 0.0333. The van der Waals surface area contributed by atoms with Gasteiger partial charge in [-0.25, -0.2) is 76.7 Å². The van der Waals surface area contributed by atoms with Gasteiger partial charge in [0.2, 0.25) is 0 Å². The lowest BCUT2D eigenvalue weighted by molar-refractivity contribution is 0.101. The Hall–Kier alpha value is -13.6. The third-order valence-corrected chi connectivity index (χ3v) is 15.2. The fourth-order valence-corrected chi connectivity index (χ4v) is 10.2. The molecule has 0 saturated heterocycles. The molecule has 0 unspecified atom stereocenters. The molecule has 92 heavy (non-hydrogen) atoms. The molecule has 15 aromatic rings. The smallest absolute Gasteiger partial charge is 0.291 e. The molecule has 32 heteroatoms. The summed E-state index contributed by atoms with van der Waals surface area (Å²) in [6.45, 7) is 0. The number of aryl methyl sites for hydroxylation is 1. The highest BCUT2D eigenvalue weighted by Crippen LogP contribution is 2.26. The summed E-state index contributed by atoms with van der Waals surface area (Å²) in [5, 5.41) is 35.7. The van der Waals surface area contributed by atoms with E-state index in [0.717, 1.165) is 28.1 Å². The van der Waals surface area contributed by atoms with Crippen LogP contribution in [-0.4, -0.2) is 120 Å². The van der Waals surface area contributed by atoms with E-state index in [1.54, 1.807) is 139 Å². The Morgan fingerprint density at radius 1 is 0.489 bits per heavy atom. The van der Waals surface area contributed by atoms with Gasteiger partial charge in [0.05, 0.1) is 98.4 Å². The molecule has 0 spiro atoms. The monoisotopic (exact) mass is 1240 g/mol. The van der Waals surface area contributed by atoms with Gasteiger partial charge in [-0.15, -0.1) is 0 Å². The molecule has 0 radical (unpaired) electrons. The summed E-state index contributed by atoms with van der Waals surface area (Å²) in [6.07, 6.45) is 19.1. The van der Waals surface area contributed by atoms with Gasteiger partial charge >= 0.3 is 0 Å². The zero-order chi connectivity index (χ0) is 63.9. The van der Waals surface area contributed by atoms with Gasteiger partial charge in [-0.3, -0.25) is 9.52 Å². The van der Waals surface area contributed by atoms with E-state index >= 15 is 0 Å². The van der Waals surface area contributed by atoms with Crippen molar-refractivity contribution in [3.05, 3.63) is 214 Å². The van der Waals surface area contributed by atoms with E-state index in [-0.39, 0.29) is 10.8 Å². The maximum Gasteiger partial charge on any atom is 0.291 e. The molecule has 0 fully saturated rings. The number of ether oxygens (including phenoxy) is 1. The number of hydrogen-bond acceptors (Lipinski definition) is 23. The van der Waals surface area contributed by atoms with E-state index in [1.165, 1.54) is 44.6 Å². The van der Waals surface area contributed by atoms with E-state index in [9.17, 15) is 13.2 Å². The van der Waals surface area contributed by atoms with Crippen LogP contribution >= 0.6 is 0 Å². The van der Waals surface area contributed by atoms with Gasteiger partial charge in [-0.2, -0.15) is 30.8 Å². The van der Waals surface area contributed by atoms with E-state index in [4.69, 9.17) is 32.9 Å². The second-order valence-electron chi connectivity index (χ2n) is 19.5. The molecule has 10 aromatic heterocycles. The number of nitrogens with zero attached hydrogens (tertiary/aromatic N) is 21. The number of imidazole rings is 1. The molecule has 5 aromatic carbocycles. The number of sulfonamides is 1. The minimum absolute atomic E-state index is 0.141. The molecule has 454 valence electrons. The van der Waals surface area contributed by atoms with Crippen LogP contribution in [0.4, 0.5) is 34.6 Å². The largest absolute Gasteiger partial charge is 0.497 e. The summed E-state index contributed by atoms with van der Waals surface area (Å²) >= 11 is 0. The Balaban J connectivity index is 0.000000120. The van der Waals surface area contributed by atoms with Crippen molar-refractivity contribution in [1.82, 2.24) is 98.3 Å². The molecule has 15 rings (SSSR count). The van der Waals surface area contributed by atoms with Crippen molar-refractivity contribution in [2.24, 2.45) is 7.05 Å². The van der Waals surface area contributed by atoms with Crippen molar-refractivity contribution in [2.45, 2.75) is 4.90 Å². The highest BCUT2D eigenvalue weighted by molar-refractivity contribution is 7.92. The Morgan fingerprint density at radius 2 is 0.891 bits per heavy atom. The number of benzene rings is 5. The number of anilines is 6. The number of nitrogens with one attached hydrogen (secondary N) is 2. The first kappa shape index (κ1) is 58.8. The van der Waals surface area contributed by atoms with E-state index in [2.05, 4.69) is 86.5 Å². The van der Waals surface area contributed by atoms with Crippen LogP contribution in [0.5, 0.6) is 5.75 Å². The molecule has 0 saturated carbocycles. The number of carbonyl (C=O) groups excluding carboxylic acids is 1. The minimum atomic E-state index is -3.71. The van der Waals surface area contributed by atoms with Crippen molar-refractivity contribution < 1.29 is 17.9 Å². The number of amides is 1. The maximum atomic E-state index is 12.5. The van der Waals surface area contributed by atoms with Crippen LogP contribution in [0.2, 0.25) is 0 Å². The highest BCUT2D eigenvalue weighted by atomic mass is 32.2. The lowest BCUT2D eigenvalue weighted by Crippen LogP contribution is -2.16. The number of hydrogen-bond donors (Lipinski definition) is 6. The molecule has 0 aliphatic carbocycles. The van der Waals surface area contributed by atoms with Crippen molar-refractivity contribution in [2.75, 3.05) is 40.1 Å². The minimum Gasteiger partial charge on any atom is -0.497 e. The number of nitrogens with two attached hydrogens (primary N) is 4. The van der Waals surface area contributed by atoms with Gasteiger partial charge in [0.25, 0.3) is 15.9 Å². The predicted octanol–water partition coefficient (Wildman–Crippen LogP) is 6.44. The molecular weight excluding hydrogens is 1190 g/mol. The van der Waals surface area contributed by atoms with Gasteiger partial charge in [0.1, 0.15) is 54.3 Å². The van der Waals surface area contributed by atoms with Crippen LogP contribution in [0.3, 0.4) is 0 Å². The fourth-order valence-electron chi connectivity index (χ4n) is 9.15. The molecule has 0 bridgehead atoms. The number of rotatable bonds is 11. The van der Waals surface area contributed by atoms with Crippen LogP contribution in [0.25, 0.3) is 72.6 Å². The number of fused-ring (bicyclic) bond motifs is 4. The van der Waals surface area contributed by atoms with Crippen LogP contribution in [-0.2, 0) is 17.1 Å². The maximum absolute atomic E-state index is 12.5. The molecule has 0 atom stereocenters. The summed E-state index contributed by atoms with van der Waals surface area (Å²) < 4.78 is 42.8. The SMILES string of the molecule is COc1ccc(S(=O)(=O)Nc2ccc(-n3ncc4c(N)ncnc43)cc2)cc1.Cn1ccnc1C(=O)Nc1ccc(-n2ncc3c(N)ncnc32)cc1.N#Cc1ccc(-n2ncc3c(N)ncnc32)cc1.Nc1ncnc2c1cnn2-c1ccc(-n2cccn2)cc1. The van der Waals surface area contributed by atoms with Gasteiger partial charge < -0.3 is 37.6 Å². The highest BCUT2D eigenvalue weighted by Gasteiger charge is 2.17. The topological polar surface area (TPSA) is 422 Å². The summed E-state index contributed by atoms with van der Waals surface area (Å²) in [5.74, 6) is 2.22. The predicted molar refractivity (Wildman–Crippen MR) is 341 cm³/mol. The lowest BCUT2D eigenvalue weighted by atomic mass is 10.2. The molecule has 0 aliphatic heterocycles. The summed E-state index contributed by atoms with van der Waals surface area (Å²) in [5.41, 5.74) is 31.6. The quantitative estimate of drug-likeness (QED) is 0.0810. The van der Waals surface area contributed by atoms with E-state index in [1.807, 2.05) is 60.8 Å². The summed E-state index contributed by atoms with van der Waals surface area (Å²) in [6, 6.07) is 39.0. The van der Waals surface area contributed by atoms with Gasteiger partial charge in [0, 0.05) is 43.2 Å². The van der Waals surface area contributed by atoms with E-state index < -0.39 is 10.0 Å². The third-order valence-electron chi connectivity index (χ3n) is 13.8. The van der Waals surface area contributed by atoms with E-state index in [0.29, 0.717) is 96.2 Å². The Bertz CT molecular complexity index is 5260. The molecule has 10 N–H and O–H groups in total. The van der Waals surface area contributed by atoms with Gasteiger partial charge in [-0.05, 0) is 127 Å². The molecule has 1 amide bonds. The normalized spacial score (nSPS) is 11.0. The van der Waals surface area contributed by atoms with Crippen LogP contribution < -0.4 is 37.7 Å². The summed E-state index contributed by atoms with van der Waals surface area (Å²) in [4.78, 5) is 48.9. The summed E-state index contributed by atoms with van der Waals surface area (Å²) in [7, 11) is -0.425. The number of nitriles is 1. The molecule has 0 aliphatic rings. The standard InChI is InChI=1S/C18H16N6O3S.C16H14N8O.C14H11N7.C12H8N6/c1-27-14-6-8-15(9-7-14)28(25,26)23-12-2-4-13(5-3-12)24-18-16(10-22-24)17(19)20-11-21-18;1-23-7-6-18-15(23)16(25)22-10-2-4-11(5-3-10)24-14-12(8-21-24)13(17)19-9-20-14;15-13-12-8-19-21(14(12)17-9-16-13)11-4-2-10(3-5-11)20-7-1-6-18-20;13-5-8-1-3-9(4-2-8)18-12-10(6-17-18)11(14)15-7-16-12/h2-11,23H,1H3,(H2,19,20,21);2-9H,1H3,(H,22,25)(H2,17,19,20);1-9H,(H2,15,16,17);1-4,6-7H,(H2,14,15,16). The van der Waals surface area contributed by atoms with Gasteiger partial charge in [-0.1, -0.05) is 0 Å². The van der Waals surface area contributed by atoms with Crippen molar-refractivity contribution >= 4 is 94.7 Å². The van der Waals surface area contributed by atoms with Gasteiger partial charge in [0.15, 0.2) is 28.4 Å². The number of methoxy groups -OCH3 is 1. The second kappa shape index (κ2) is 25.4. The Kier molecular flexibility index (Phi) is 16.2. The average Bonchev–Trinajstić information content (AvgIpc) is 1.80. The first-order valence-corrected chi connectivity index (χ1v) is 28.8. The zero-order valence-corrected chi connectivity index (χ0v) is 49.1. The first-order valence-electron chi connectivity index (χ1n) is 27.3. The molecular formula is C60H49N27O4S. The molecule has 31 nitrogen and oxygen atoms in total. The Morgan fingerprint density at radius 3 is 1.27 bits per heavy atom. The average molecular weight is 1240 g/mol. The molecule has 10 heterocycles.